The van der Waals surface area contributed by atoms with E-state index in [2.05, 4.69) is 0 Å². The van der Waals surface area contributed by atoms with Gasteiger partial charge >= 0.3 is 5.97 Å². The number of thioether (sulfide) groups is 1. The van der Waals surface area contributed by atoms with Crippen molar-refractivity contribution in [2.45, 2.75) is 13.0 Å². The molecule has 0 radical (unpaired) electrons. The van der Waals surface area contributed by atoms with Gasteiger partial charge in [-0.15, -0.1) is 0 Å². The number of carbonyl (C=O) groups is 2. The molecule has 1 atom stereocenters. The van der Waals surface area contributed by atoms with Crippen LogP contribution in [0.4, 0.5) is 10.1 Å². The topological polar surface area (TPSA) is 66.8 Å². The molecule has 3 rings (SSSR count). The van der Waals surface area contributed by atoms with Crippen LogP contribution in [0.3, 0.4) is 0 Å². The fourth-order valence-corrected chi connectivity index (χ4v) is 3.68. The van der Waals surface area contributed by atoms with E-state index in [-0.39, 0.29) is 10.0 Å². The van der Waals surface area contributed by atoms with Crippen molar-refractivity contribution in [2.75, 3.05) is 4.90 Å². The molecule has 1 fully saturated rings. The van der Waals surface area contributed by atoms with Crippen LogP contribution in [-0.4, -0.2) is 27.4 Å². The number of rotatable bonds is 5. The van der Waals surface area contributed by atoms with Gasteiger partial charge in [-0.1, -0.05) is 48.2 Å². The lowest BCUT2D eigenvalue weighted by Crippen LogP contribution is -2.28. The number of amides is 1. The Hall–Kier alpha value is -2.71. The van der Waals surface area contributed by atoms with E-state index in [4.69, 9.17) is 22.1 Å². The monoisotopic (exact) mass is 403 g/mol. The molecule has 1 unspecified atom stereocenters. The molecular formula is C19H14FNO4S2. The molecule has 0 aliphatic carbocycles. The summed E-state index contributed by atoms with van der Waals surface area (Å²) in [7, 11) is 0. The van der Waals surface area contributed by atoms with E-state index < -0.39 is 23.8 Å². The van der Waals surface area contributed by atoms with Gasteiger partial charge in [0, 0.05) is 0 Å². The number of thiocarbonyl (C=S) groups is 1. The highest BCUT2D eigenvalue weighted by molar-refractivity contribution is 8.27. The lowest BCUT2D eigenvalue weighted by atomic mass is 10.2. The van der Waals surface area contributed by atoms with E-state index in [1.807, 2.05) is 0 Å². The van der Waals surface area contributed by atoms with Crippen molar-refractivity contribution in [3.63, 3.8) is 0 Å². The molecule has 1 N–H and O–H groups in total. The first-order valence-corrected chi connectivity index (χ1v) is 9.11. The predicted octanol–water partition coefficient (Wildman–Crippen LogP) is 4.08. The third kappa shape index (κ3) is 4.17. The molecule has 8 heteroatoms. The highest BCUT2D eigenvalue weighted by Crippen LogP contribution is 2.37. The Morgan fingerprint density at radius 3 is 2.74 bits per heavy atom. The summed E-state index contributed by atoms with van der Waals surface area (Å²) in [5, 5.41) is 8.93. The van der Waals surface area contributed by atoms with Crippen LogP contribution in [0.1, 0.15) is 12.5 Å². The molecule has 1 aliphatic rings. The van der Waals surface area contributed by atoms with E-state index in [0.717, 1.165) is 16.7 Å². The number of anilines is 1. The summed E-state index contributed by atoms with van der Waals surface area (Å²) < 4.78 is 19.6. The Morgan fingerprint density at radius 1 is 1.30 bits per heavy atom. The van der Waals surface area contributed by atoms with Crippen LogP contribution < -0.4 is 9.64 Å². The molecule has 138 valence electrons. The summed E-state index contributed by atoms with van der Waals surface area (Å²) in [5.41, 5.74) is 0.745. The minimum absolute atomic E-state index is 0.107. The fraction of sp³-hybridized carbons (Fsp3) is 0.105. The van der Waals surface area contributed by atoms with Gasteiger partial charge in [0.15, 0.2) is 10.4 Å². The summed E-state index contributed by atoms with van der Waals surface area (Å²) in [6.45, 7) is 1.43. The molecule has 1 amide bonds. The standard InChI is InChI=1S/C19H14FNO4S2/c1-11(18(23)24)25-13-6-4-5-12(9-13)10-16-17(22)21(19(26)27-16)15-8-3-2-7-14(15)20/h2-11H,1H3,(H,23,24)/b16-10+. The van der Waals surface area contributed by atoms with E-state index in [1.165, 1.54) is 25.1 Å². The smallest absolute Gasteiger partial charge is 0.344 e. The number of halogens is 1. The number of ether oxygens (including phenoxy) is 1. The predicted molar refractivity (Wildman–Crippen MR) is 106 cm³/mol. The van der Waals surface area contributed by atoms with Gasteiger partial charge in [0.25, 0.3) is 5.91 Å². The van der Waals surface area contributed by atoms with Crippen molar-refractivity contribution < 1.29 is 23.8 Å². The van der Waals surface area contributed by atoms with Crippen molar-refractivity contribution >= 4 is 51.9 Å². The fourth-order valence-electron chi connectivity index (χ4n) is 2.39. The first-order chi connectivity index (χ1) is 12.9. The second-order valence-electron chi connectivity index (χ2n) is 5.64. The van der Waals surface area contributed by atoms with Crippen molar-refractivity contribution in [1.29, 1.82) is 0 Å². The number of hydrogen-bond donors (Lipinski definition) is 1. The molecule has 2 aromatic rings. The van der Waals surface area contributed by atoms with E-state index in [9.17, 15) is 14.0 Å². The Labute approximate surface area is 164 Å². The van der Waals surface area contributed by atoms with Gasteiger partial charge in [-0.05, 0) is 42.8 Å². The van der Waals surface area contributed by atoms with Crippen molar-refractivity contribution in [1.82, 2.24) is 0 Å². The molecule has 0 aromatic heterocycles. The minimum atomic E-state index is -1.08. The number of aliphatic carboxylic acids is 1. The summed E-state index contributed by atoms with van der Waals surface area (Å²) in [6.07, 6.45) is 0.609. The zero-order valence-electron chi connectivity index (χ0n) is 14.1. The van der Waals surface area contributed by atoms with Crippen molar-refractivity contribution in [3.8, 4) is 5.75 Å². The van der Waals surface area contributed by atoms with Gasteiger partial charge in [0.2, 0.25) is 0 Å². The average molecular weight is 403 g/mol. The highest BCUT2D eigenvalue weighted by Gasteiger charge is 2.34. The van der Waals surface area contributed by atoms with Crippen LogP contribution in [0.5, 0.6) is 5.75 Å². The molecule has 27 heavy (non-hydrogen) atoms. The third-order valence-corrected chi connectivity index (χ3v) is 5.01. The molecule has 0 bridgehead atoms. The average Bonchev–Trinajstić information content (AvgIpc) is 2.89. The molecule has 0 saturated carbocycles. The Bertz CT molecular complexity index is 960. The number of para-hydroxylation sites is 1. The maximum atomic E-state index is 14.0. The van der Waals surface area contributed by atoms with E-state index in [0.29, 0.717) is 16.2 Å². The maximum absolute atomic E-state index is 14.0. The highest BCUT2D eigenvalue weighted by atomic mass is 32.2. The lowest BCUT2D eigenvalue weighted by molar-refractivity contribution is -0.144. The van der Waals surface area contributed by atoms with Crippen LogP contribution in [0.2, 0.25) is 0 Å². The van der Waals surface area contributed by atoms with Crippen molar-refractivity contribution in [3.05, 3.63) is 64.8 Å². The molecule has 0 spiro atoms. The van der Waals surface area contributed by atoms with Gasteiger partial charge in [0.1, 0.15) is 11.6 Å². The normalized spacial score (nSPS) is 16.7. The quantitative estimate of drug-likeness (QED) is 0.599. The third-order valence-electron chi connectivity index (χ3n) is 3.70. The Balaban J connectivity index is 1.86. The van der Waals surface area contributed by atoms with Crippen LogP contribution in [0.25, 0.3) is 6.08 Å². The Kier molecular flexibility index (Phi) is 5.57. The summed E-state index contributed by atoms with van der Waals surface area (Å²) >= 11 is 6.31. The zero-order valence-corrected chi connectivity index (χ0v) is 15.7. The van der Waals surface area contributed by atoms with Crippen LogP contribution in [0.15, 0.2) is 53.4 Å². The van der Waals surface area contributed by atoms with Crippen LogP contribution in [-0.2, 0) is 9.59 Å². The molecule has 1 heterocycles. The van der Waals surface area contributed by atoms with Gasteiger partial charge in [0.05, 0.1) is 10.6 Å². The van der Waals surface area contributed by atoms with E-state index in [1.54, 1.807) is 36.4 Å². The van der Waals surface area contributed by atoms with Gasteiger partial charge in [-0.2, -0.15) is 0 Å². The second-order valence-corrected chi connectivity index (χ2v) is 7.32. The molecule has 1 aliphatic heterocycles. The van der Waals surface area contributed by atoms with Crippen LogP contribution >= 0.6 is 24.0 Å². The number of carboxylic acids is 1. The first-order valence-electron chi connectivity index (χ1n) is 7.89. The van der Waals surface area contributed by atoms with E-state index >= 15 is 0 Å². The Morgan fingerprint density at radius 2 is 2.04 bits per heavy atom. The summed E-state index contributed by atoms with van der Waals surface area (Å²) in [4.78, 5) is 25.1. The molecule has 1 saturated heterocycles. The second kappa shape index (κ2) is 7.89. The SMILES string of the molecule is CC(Oc1cccc(/C=C2/SC(=S)N(c3ccccc3F)C2=O)c1)C(=O)O. The van der Waals surface area contributed by atoms with Gasteiger partial charge in [-0.25, -0.2) is 9.18 Å². The largest absolute Gasteiger partial charge is 0.479 e. The molecule has 5 nitrogen and oxygen atoms in total. The number of carboxylic acid groups (broad SMARTS) is 1. The molecule has 2 aromatic carbocycles. The lowest BCUT2D eigenvalue weighted by Gasteiger charge is -2.14. The summed E-state index contributed by atoms with van der Waals surface area (Å²) in [5.74, 6) is -1.66. The molecular weight excluding hydrogens is 389 g/mol. The maximum Gasteiger partial charge on any atom is 0.344 e. The number of hydrogen-bond acceptors (Lipinski definition) is 5. The van der Waals surface area contributed by atoms with Crippen LogP contribution in [0, 0.1) is 5.82 Å². The summed E-state index contributed by atoms with van der Waals surface area (Å²) in [6, 6.07) is 12.6. The van der Waals surface area contributed by atoms with Gasteiger partial charge < -0.3 is 9.84 Å². The number of benzene rings is 2. The number of carbonyl (C=O) groups excluding carboxylic acids is 1. The van der Waals surface area contributed by atoms with Gasteiger partial charge in [-0.3, -0.25) is 9.69 Å². The number of nitrogens with zero attached hydrogens (tertiary/aromatic N) is 1. The zero-order chi connectivity index (χ0) is 19.6. The minimum Gasteiger partial charge on any atom is -0.479 e. The first kappa shape index (κ1) is 19.1. The van der Waals surface area contributed by atoms with Crippen molar-refractivity contribution in [2.24, 2.45) is 0 Å².